The third-order valence-corrected chi connectivity index (χ3v) is 1.19. The number of carbonyl (C=O) groups is 1. The summed E-state index contributed by atoms with van der Waals surface area (Å²) in [6.45, 7) is 5.31. The van der Waals surface area contributed by atoms with E-state index in [1.165, 1.54) is 0 Å². The van der Waals surface area contributed by atoms with Crippen LogP contribution in [0, 0.1) is 0 Å². The number of hydrogen-bond acceptors (Lipinski definition) is 2. The molecule has 0 aliphatic rings. The molecule has 0 aromatic heterocycles. The van der Waals surface area contributed by atoms with Crippen LogP contribution in [0.1, 0.15) is 27.2 Å². The van der Waals surface area contributed by atoms with E-state index in [2.05, 4.69) is 5.32 Å². The second kappa shape index (κ2) is 3.56. The predicted molar refractivity (Wildman–Crippen MR) is 39.6 cm³/mol. The molecule has 0 atom stereocenters. The van der Waals surface area contributed by atoms with Crippen molar-refractivity contribution in [2.24, 2.45) is 0 Å². The monoisotopic (exact) mass is 145 g/mol. The predicted octanol–water partition coefficient (Wildman–Crippen LogP) is 0.283. The fraction of sp³-hybridized carbons (Fsp3) is 0.857. The van der Waals surface area contributed by atoms with E-state index in [4.69, 9.17) is 5.11 Å². The Balaban J connectivity index is 3.76. The van der Waals surface area contributed by atoms with Gasteiger partial charge in [0.1, 0.15) is 0 Å². The van der Waals surface area contributed by atoms with Gasteiger partial charge in [0.25, 0.3) is 0 Å². The molecule has 0 heterocycles. The van der Waals surface area contributed by atoms with Gasteiger partial charge < -0.3 is 10.4 Å². The summed E-state index contributed by atoms with van der Waals surface area (Å²) in [5.74, 6) is -0.0287. The number of nitrogens with one attached hydrogen (secondary N) is 1. The smallest absolute Gasteiger partial charge is 0.220 e. The molecule has 0 spiro atoms. The molecule has 0 aromatic rings. The average Bonchev–Trinajstić information content (AvgIpc) is 1.87. The van der Waals surface area contributed by atoms with Crippen LogP contribution in [0.3, 0.4) is 0 Å². The Bertz CT molecular complexity index is 121. The minimum absolute atomic E-state index is 0.0287. The quantitative estimate of drug-likeness (QED) is 0.599. The molecular weight excluding hydrogens is 130 g/mol. The number of carbonyl (C=O) groups excluding carboxylic acids is 1. The summed E-state index contributed by atoms with van der Waals surface area (Å²) in [4.78, 5) is 10.8. The molecule has 0 radical (unpaired) electrons. The summed E-state index contributed by atoms with van der Waals surface area (Å²) in [7, 11) is 0. The molecule has 0 fully saturated rings. The average molecular weight is 145 g/mol. The van der Waals surface area contributed by atoms with Crippen molar-refractivity contribution in [1.82, 2.24) is 5.32 Å². The standard InChI is InChI=1S/C7H15NO2/c1-4-6(10)8-7(2,3)5-9/h9H,4-5H2,1-3H3,(H,8,10). The van der Waals surface area contributed by atoms with Crippen LogP contribution >= 0.6 is 0 Å². The molecule has 2 N–H and O–H groups in total. The van der Waals surface area contributed by atoms with Crippen LogP contribution in [0.2, 0.25) is 0 Å². The van der Waals surface area contributed by atoms with Crippen molar-refractivity contribution < 1.29 is 9.90 Å². The zero-order chi connectivity index (χ0) is 8.20. The first-order valence-corrected chi connectivity index (χ1v) is 3.43. The van der Waals surface area contributed by atoms with Crippen molar-refractivity contribution in [2.45, 2.75) is 32.7 Å². The molecule has 0 saturated heterocycles. The summed E-state index contributed by atoms with van der Waals surface area (Å²) < 4.78 is 0. The Morgan fingerprint density at radius 2 is 2.10 bits per heavy atom. The lowest BCUT2D eigenvalue weighted by Crippen LogP contribution is -2.45. The van der Waals surface area contributed by atoms with E-state index in [1.807, 2.05) is 0 Å². The van der Waals surface area contributed by atoms with Crippen molar-refractivity contribution in [2.75, 3.05) is 6.61 Å². The minimum Gasteiger partial charge on any atom is -0.394 e. The van der Waals surface area contributed by atoms with Gasteiger partial charge in [-0.2, -0.15) is 0 Å². The van der Waals surface area contributed by atoms with E-state index in [0.29, 0.717) is 6.42 Å². The highest BCUT2D eigenvalue weighted by molar-refractivity contribution is 5.76. The Hall–Kier alpha value is -0.570. The molecule has 60 valence electrons. The number of hydrogen-bond donors (Lipinski definition) is 2. The van der Waals surface area contributed by atoms with Crippen molar-refractivity contribution in [1.29, 1.82) is 0 Å². The van der Waals surface area contributed by atoms with Crippen molar-refractivity contribution in [3.63, 3.8) is 0 Å². The van der Waals surface area contributed by atoms with Gasteiger partial charge in [-0.3, -0.25) is 4.79 Å². The number of aliphatic hydroxyl groups excluding tert-OH is 1. The molecular formula is C7H15NO2. The highest BCUT2D eigenvalue weighted by Gasteiger charge is 2.17. The molecule has 10 heavy (non-hydrogen) atoms. The molecule has 0 aliphatic carbocycles. The summed E-state index contributed by atoms with van der Waals surface area (Å²) in [5.41, 5.74) is -0.479. The molecule has 1 amide bonds. The van der Waals surface area contributed by atoms with Gasteiger partial charge in [0, 0.05) is 6.42 Å². The summed E-state index contributed by atoms with van der Waals surface area (Å²) in [6, 6.07) is 0. The highest BCUT2D eigenvalue weighted by atomic mass is 16.3. The molecule has 0 saturated carbocycles. The van der Waals surface area contributed by atoms with E-state index in [1.54, 1.807) is 20.8 Å². The van der Waals surface area contributed by atoms with E-state index in [-0.39, 0.29) is 12.5 Å². The van der Waals surface area contributed by atoms with Crippen LogP contribution in [-0.4, -0.2) is 23.2 Å². The molecule has 3 heteroatoms. The van der Waals surface area contributed by atoms with Crippen molar-refractivity contribution >= 4 is 5.91 Å². The van der Waals surface area contributed by atoms with Crippen LogP contribution in [0.25, 0.3) is 0 Å². The molecule has 0 aromatic carbocycles. The van der Waals surface area contributed by atoms with Crippen molar-refractivity contribution in [3.8, 4) is 0 Å². The number of amides is 1. The number of aliphatic hydroxyl groups is 1. The lowest BCUT2D eigenvalue weighted by Gasteiger charge is -2.22. The SMILES string of the molecule is CCC(=O)NC(C)(C)CO. The van der Waals surface area contributed by atoms with Gasteiger partial charge >= 0.3 is 0 Å². The molecule has 0 unspecified atom stereocenters. The van der Waals surface area contributed by atoms with E-state index in [9.17, 15) is 4.79 Å². The lowest BCUT2D eigenvalue weighted by atomic mass is 10.1. The zero-order valence-electron chi connectivity index (χ0n) is 6.77. The third-order valence-electron chi connectivity index (χ3n) is 1.19. The third kappa shape index (κ3) is 3.45. The van der Waals surface area contributed by atoms with Gasteiger partial charge in [-0.25, -0.2) is 0 Å². The topological polar surface area (TPSA) is 49.3 Å². The van der Waals surface area contributed by atoms with Crippen LogP contribution in [0.4, 0.5) is 0 Å². The second-order valence-corrected chi connectivity index (χ2v) is 2.94. The van der Waals surface area contributed by atoms with Gasteiger partial charge in [0.05, 0.1) is 12.1 Å². The van der Waals surface area contributed by atoms with Crippen LogP contribution in [0.5, 0.6) is 0 Å². The first kappa shape index (κ1) is 9.43. The van der Waals surface area contributed by atoms with Crippen molar-refractivity contribution in [3.05, 3.63) is 0 Å². The van der Waals surface area contributed by atoms with Gasteiger partial charge in [-0.15, -0.1) is 0 Å². The fourth-order valence-corrected chi connectivity index (χ4v) is 0.505. The number of rotatable bonds is 3. The first-order chi connectivity index (χ1) is 4.52. The van der Waals surface area contributed by atoms with Gasteiger partial charge in [-0.05, 0) is 13.8 Å². The summed E-state index contributed by atoms with van der Waals surface area (Å²) in [5, 5.41) is 11.4. The molecule has 0 aliphatic heterocycles. The lowest BCUT2D eigenvalue weighted by molar-refractivity contribution is -0.122. The Kier molecular flexibility index (Phi) is 3.36. The van der Waals surface area contributed by atoms with E-state index in [0.717, 1.165) is 0 Å². The normalized spacial score (nSPS) is 11.2. The van der Waals surface area contributed by atoms with Gasteiger partial charge in [0.15, 0.2) is 0 Å². The Morgan fingerprint density at radius 1 is 1.60 bits per heavy atom. The van der Waals surface area contributed by atoms with E-state index >= 15 is 0 Å². The Labute approximate surface area is 61.4 Å². The fourth-order valence-electron chi connectivity index (χ4n) is 0.505. The van der Waals surface area contributed by atoms with Crippen LogP contribution < -0.4 is 5.32 Å². The molecule has 0 rings (SSSR count). The van der Waals surface area contributed by atoms with Crippen LogP contribution in [0.15, 0.2) is 0 Å². The zero-order valence-corrected chi connectivity index (χ0v) is 6.77. The first-order valence-electron chi connectivity index (χ1n) is 3.43. The second-order valence-electron chi connectivity index (χ2n) is 2.94. The largest absolute Gasteiger partial charge is 0.394 e. The summed E-state index contributed by atoms with van der Waals surface area (Å²) in [6.07, 6.45) is 0.462. The maximum atomic E-state index is 10.8. The molecule has 0 bridgehead atoms. The molecule has 3 nitrogen and oxygen atoms in total. The minimum atomic E-state index is -0.479. The van der Waals surface area contributed by atoms with Gasteiger partial charge in [-0.1, -0.05) is 6.92 Å². The maximum Gasteiger partial charge on any atom is 0.220 e. The van der Waals surface area contributed by atoms with Crippen LogP contribution in [-0.2, 0) is 4.79 Å². The maximum absolute atomic E-state index is 10.8. The van der Waals surface area contributed by atoms with E-state index < -0.39 is 5.54 Å². The summed E-state index contributed by atoms with van der Waals surface area (Å²) >= 11 is 0. The highest BCUT2D eigenvalue weighted by Crippen LogP contribution is 1.99. The Morgan fingerprint density at radius 3 is 2.40 bits per heavy atom. The van der Waals surface area contributed by atoms with Gasteiger partial charge in [0.2, 0.25) is 5.91 Å².